The van der Waals surface area contributed by atoms with Crippen molar-refractivity contribution in [3.05, 3.63) is 58.8 Å². The van der Waals surface area contributed by atoms with E-state index in [2.05, 4.69) is 36.4 Å². The SMILES string of the molecule is O=C(Nc1nnc(-c2ccncc2)s1)c1cccc(Br)c1. The number of carbonyl (C=O) groups is 1. The highest BCUT2D eigenvalue weighted by Gasteiger charge is 2.11. The Bertz CT molecular complexity index is 775. The predicted octanol–water partition coefficient (Wildman–Crippen LogP) is 3.61. The van der Waals surface area contributed by atoms with Gasteiger partial charge in [-0.3, -0.25) is 15.1 Å². The van der Waals surface area contributed by atoms with Crippen molar-refractivity contribution < 1.29 is 4.79 Å². The third-order valence-corrected chi connectivity index (χ3v) is 4.04. The van der Waals surface area contributed by atoms with Crippen molar-refractivity contribution in [2.24, 2.45) is 0 Å². The minimum Gasteiger partial charge on any atom is -0.296 e. The van der Waals surface area contributed by atoms with Crippen molar-refractivity contribution in [1.82, 2.24) is 15.2 Å². The summed E-state index contributed by atoms with van der Waals surface area (Å²) in [7, 11) is 0. The Morgan fingerprint density at radius 1 is 1.14 bits per heavy atom. The largest absolute Gasteiger partial charge is 0.296 e. The molecule has 1 aromatic carbocycles. The molecule has 1 N–H and O–H groups in total. The van der Waals surface area contributed by atoms with Gasteiger partial charge in [-0.15, -0.1) is 10.2 Å². The summed E-state index contributed by atoms with van der Waals surface area (Å²) in [6, 6.07) is 10.9. The van der Waals surface area contributed by atoms with Gasteiger partial charge < -0.3 is 0 Å². The first-order chi connectivity index (χ1) is 10.2. The van der Waals surface area contributed by atoms with Gasteiger partial charge in [0.2, 0.25) is 5.13 Å². The molecule has 0 saturated heterocycles. The fraction of sp³-hybridized carbons (Fsp3) is 0. The lowest BCUT2D eigenvalue weighted by Gasteiger charge is -2.01. The molecule has 3 rings (SSSR count). The Kier molecular flexibility index (Phi) is 4.03. The maximum Gasteiger partial charge on any atom is 0.257 e. The summed E-state index contributed by atoms with van der Waals surface area (Å²) < 4.78 is 0.852. The fourth-order valence-electron chi connectivity index (χ4n) is 1.68. The van der Waals surface area contributed by atoms with Crippen LogP contribution in [0.2, 0.25) is 0 Å². The van der Waals surface area contributed by atoms with E-state index in [9.17, 15) is 4.79 Å². The number of nitrogens with one attached hydrogen (secondary N) is 1. The van der Waals surface area contributed by atoms with Crippen LogP contribution in [0, 0.1) is 0 Å². The van der Waals surface area contributed by atoms with E-state index < -0.39 is 0 Å². The molecule has 0 radical (unpaired) electrons. The molecule has 1 amide bonds. The van der Waals surface area contributed by atoms with Crippen LogP contribution >= 0.6 is 27.3 Å². The molecular weight excluding hydrogens is 352 g/mol. The molecule has 0 spiro atoms. The molecule has 0 unspecified atom stereocenters. The number of carbonyl (C=O) groups excluding carboxylic acids is 1. The van der Waals surface area contributed by atoms with Gasteiger partial charge >= 0.3 is 0 Å². The molecule has 7 heteroatoms. The van der Waals surface area contributed by atoms with Gasteiger partial charge in [0.05, 0.1) is 0 Å². The van der Waals surface area contributed by atoms with Crippen LogP contribution in [0.1, 0.15) is 10.4 Å². The summed E-state index contributed by atoms with van der Waals surface area (Å²) in [6.07, 6.45) is 3.38. The van der Waals surface area contributed by atoms with E-state index in [1.54, 1.807) is 24.5 Å². The van der Waals surface area contributed by atoms with Gasteiger partial charge in [-0.2, -0.15) is 0 Å². The number of aromatic nitrogens is 3. The molecule has 0 fully saturated rings. The number of pyridine rings is 1. The van der Waals surface area contributed by atoms with E-state index >= 15 is 0 Å². The van der Waals surface area contributed by atoms with E-state index in [0.717, 1.165) is 15.0 Å². The number of hydrogen-bond donors (Lipinski definition) is 1. The van der Waals surface area contributed by atoms with E-state index in [4.69, 9.17) is 0 Å². The Morgan fingerprint density at radius 3 is 2.71 bits per heavy atom. The van der Waals surface area contributed by atoms with Crippen LogP contribution in [-0.2, 0) is 0 Å². The first kappa shape index (κ1) is 13.8. The van der Waals surface area contributed by atoms with Crippen LogP contribution in [0.25, 0.3) is 10.6 Å². The van der Waals surface area contributed by atoms with Gasteiger partial charge in [-0.25, -0.2) is 0 Å². The smallest absolute Gasteiger partial charge is 0.257 e. The van der Waals surface area contributed by atoms with E-state index in [1.165, 1.54) is 11.3 Å². The monoisotopic (exact) mass is 360 g/mol. The Hall–Kier alpha value is -2.12. The first-order valence-electron chi connectivity index (χ1n) is 6.03. The zero-order valence-corrected chi connectivity index (χ0v) is 13.1. The maximum atomic E-state index is 12.1. The van der Waals surface area contributed by atoms with Crippen LogP contribution in [0.3, 0.4) is 0 Å². The molecule has 0 aliphatic rings. The average Bonchev–Trinajstić information content (AvgIpc) is 2.97. The predicted molar refractivity (Wildman–Crippen MR) is 85.2 cm³/mol. The van der Waals surface area contributed by atoms with E-state index in [-0.39, 0.29) is 5.91 Å². The second-order valence-electron chi connectivity index (χ2n) is 4.11. The minimum absolute atomic E-state index is 0.214. The lowest BCUT2D eigenvalue weighted by Crippen LogP contribution is -2.11. The van der Waals surface area contributed by atoms with Crippen molar-refractivity contribution in [2.45, 2.75) is 0 Å². The Labute approximate surface area is 133 Å². The summed E-state index contributed by atoms with van der Waals surface area (Å²) in [5, 5.41) is 12.0. The molecule has 2 aromatic heterocycles. The minimum atomic E-state index is -0.214. The highest BCUT2D eigenvalue weighted by atomic mass is 79.9. The number of benzene rings is 1. The third-order valence-electron chi connectivity index (χ3n) is 2.66. The van der Waals surface area contributed by atoms with Crippen LogP contribution < -0.4 is 5.32 Å². The molecular formula is C14H9BrN4OS. The van der Waals surface area contributed by atoms with E-state index in [0.29, 0.717) is 10.7 Å². The van der Waals surface area contributed by atoms with Crippen LogP contribution in [0.4, 0.5) is 5.13 Å². The molecule has 0 aliphatic heterocycles. The Morgan fingerprint density at radius 2 is 1.95 bits per heavy atom. The molecule has 0 saturated carbocycles. The summed E-state index contributed by atoms with van der Waals surface area (Å²) in [5.74, 6) is -0.214. The van der Waals surface area contributed by atoms with Crippen molar-refractivity contribution in [2.75, 3.05) is 5.32 Å². The molecule has 0 aliphatic carbocycles. The lowest BCUT2D eigenvalue weighted by atomic mass is 10.2. The molecule has 21 heavy (non-hydrogen) atoms. The van der Waals surface area contributed by atoms with Crippen LogP contribution in [-0.4, -0.2) is 21.1 Å². The zero-order valence-electron chi connectivity index (χ0n) is 10.7. The summed E-state index contributed by atoms with van der Waals surface area (Å²) in [4.78, 5) is 16.1. The van der Waals surface area contributed by atoms with Gasteiger partial charge in [0, 0.05) is 28.0 Å². The van der Waals surface area contributed by atoms with Crippen molar-refractivity contribution >= 4 is 38.3 Å². The number of halogens is 1. The lowest BCUT2D eigenvalue weighted by molar-refractivity contribution is 0.102. The van der Waals surface area contributed by atoms with E-state index in [1.807, 2.05) is 24.3 Å². The van der Waals surface area contributed by atoms with Gasteiger partial charge in [0.25, 0.3) is 5.91 Å². The summed E-state index contributed by atoms with van der Waals surface area (Å²) >= 11 is 4.66. The molecule has 3 aromatic rings. The summed E-state index contributed by atoms with van der Waals surface area (Å²) in [6.45, 7) is 0. The normalized spacial score (nSPS) is 10.3. The average molecular weight is 361 g/mol. The second-order valence-corrected chi connectivity index (χ2v) is 6.01. The molecule has 5 nitrogen and oxygen atoms in total. The highest BCUT2D eigenvalue weighted by Crippen LogP contribution is 2.26. The number of anilines is 1. The van der Waals surface area contributed by atoms with Gasteiger partial charge in [-0.05, 0) is 30.3 Å². The van der Waals surface area contributed by atoms with Crippen molar-refractivity contribution in [3.8, 4) is 10.6 Å². The maximum absolute atomic E-state index is 12.1. The van der Waals surface area contributed by atoms with Gasteiger partial charge in [0.15, 0.2) is 0 Å². The van der Waals surface area contributed by atoms with Gasteiger partial charge in [0.1, 0.15) is 5.01 Å². The zero-order chi connectivity index (χ0) is 14.7. The highest BCUT2D eigenvalue weighted by molar-refractivity contribution is 9.10. The van der Waals surface area contributed by atoms with Crippen molar-refractivity contribution in [1.29, 1.82) is 0 Å². The third kappa shape index (κ3) is 3.32. The topological polar surface area (TPSA) is 67.8 Å². The number of nitrogens with zero attached hydrogens (tertiary/aromatic N) is 3. The van der Waals surface area contributed by atoms with Crippen molar-refractivity contribution in [3.63, 3.8) is 0 Å². The molecule has 0 atom stereocenters. The second kappa shape index (κ2) is 6.11. The van der Waals surface area contributed by atoms with Gasteiger partial charge in [-0.1, -0.05) is 33.3 Å². The molecule has 104 valence electrons. The molecule has 2 heterocycles. The fourth-order valence-corrected chi connectivity index (χ4v) is 2.83. The number of amides is 1. The van der Waals surface area contributed by atoms with Crippen LogP contribution in [0.15, 0.2) is 53.3 Å². The standard InChI is InChI=1S/C14H9BrN4OS/c15-11-3-1-2-10(8-11)12(20)17-14-19-18-13(21-14)9-4-6-16-7-5-9/h1-8H,(H,17,19,20). The first-order valence-corrected chi connectivity index (χ1v) is 7.64. The molecule has 0 bridgehead atoms. The Balaban J connectivity index is 1.77. The quantitative estimate of drug-likeness (QED) is 0.774. The number of rotatable bonds is 3. The van der Waals surface area contributed by atoms with Crippen LogP contribution in [0.5, 0.6) is 0 Å². The summed E-state index contributed by atoms with van der Waals surface area (Å²) in [5.41, 5.74) is 1.48. The number of hydrogen-bond acceptors (Lipinski definition) is 5.